The number of para-hydroxylation sites is 1. The lowest BCUT2D eigenvalue weighted by Gasteiger charge is -2.02. The zero-order valence-electron chi connectivity index (χ0n) is 12.0. The van der Waals surface area contributed by atoms with E-state index in [9.17, 15) is 14.9 Å². The van der Waals surface area contributed by atoms with E-state index in [0.29, 0.717) is 11.4 Å². The molecule has 0 spiro atoms. The van der Waals surface area contributed by atoms with Gasteiger partial charge < -0.3 is 5.32 Å². The molecular weight excluding hydrogens is 294 g/mol. The minimum Gasteiger partial charge on any atom is -0.318 e. The summed E-state index contributed by atoms with van der Waals surface area (Å²) in [5, 5.41) is 13.8. The number of hydrogen-bond donors (Lipinski definition) is 1. The summed E-state index contributed by atoms with van der Waals surface area (Å²) in [6.07, 6.45) is 1.68. The van der Waals surface area contributed by atoms with Crippen molar-refractivity contribution in [1.82, 2.24) is 5.32 Å². The Bertz CT molecular complexity index is 798. The fourth-order valence-corrected chi connectivity index (χ4v) is 2.32. The number of rotatable bonds is 3. The van der Waals surface area contributed by atoms with Crippen LogP contribution in [0.2, 0.25) is 0 Å². The van der Waals surface area contributed by atoms with Crippen molar-refractivity contribution in [3.8, 4) is 0 Å². The van der Waals surface area contributed by atoms with Crippen LogP contribution in [0.4, 0.5) is 5.69 Å². The van der Waals surface area contributed by atoms with Crippen molar-refractivity contribution >= 4 is 23.4 Å². The maximum absolute atomic E-state index is 11.9. The van der Waals surface area contributed by atoms with E-state index in [1.54, 1.807) is 30.3 Å². The standard InChI is InChI=1S/C17H13N3O3/c21-17-16(20(22)23)15(18-13-9-5-2-6-10-13)14(19-17)11-12-7-3-1-4-8-12/h1-11,16H,(H,19,21). The molecule has 0 aliphatic carbocycles. The minimum absolute atomic E-state index is 0.120. The molecule has 0 bridgehead atoms. The number of carbonyl (C=O) groups is 1. The molecule has 6 nitrogen and oxygen atoms in total. The summed E-state index contributed by atoms with van der Waals surface area (Å²) in [4.78, 5) is 26.9. The first-order chi connectivity index (χ1) is 11.1. The van der Waals surface area contributed by atoms with Gasteiger partial charge in [0, 0.05) is 4.92 Å². The molecule has 1 aliphatic rings. The Morgan fingerprint density at radius 2 is 1.65 bits per heavy atom. The van der Waals surface area contributed by atoms with Crippen LogP contribution in [-0.2, 0) is 4.79 Å². The molecule has 3 rings (SSSR count). The normalized spacial score (nSPS) is 20.7. The molecule has 1 heterocycles. The largest absolute Gasteiger partial charge is 0.333 e. The quantitative estimate of drug-likeness (QED) is 0.698. The highest BCUT2D eigenvalue weighted by atomic mass is 16.6. The third kappa shape index (κ3) is 3.16. The molecule has 1 amide bonds. The number of aliphatic imine (C=N–C) groups is 1. The maximum atomic E-state index is 11.9. The fourth-order valence-electron chi connectivity index (χ4n) is 2.32. The van der Waals surface area contributed by atoms with Crippen molar-refractivity contribution in [2.24, 2.45) is 4.99 Å². The van der Waals surface area contributed by atoms with Gasteiger partial charge in [-0.1, -0.05) is 48.5 Å². The number of nitrogens with one attached hydrogen (secondary N) is 1. The van der Waals surface area contributed by atoms with Crippen molar-refractivity contribution in [1.29, 1.82) is 0 Å². The van der Waals surface area contributed by atoms with Crippen LogP contribution in [0.3, 0.4) is 0 Å². The second kappa shape index (κ2) is 6.23. The van der Waals surface area contributed by atoms with E-state index in [-0.39, 0.29) is 5.71 Å². The molecule has 0 saturated carbocycles. The zero-order chi connectivity index (χ0) is 16.2. The average molecular weight is 307 g/mol. The zero-order valence-corrected chi connectivity index (χ0v) is 12.0. The van der Waals surface area contributed by atoms with Crippen molar-refractivity contribution in [3.05, 3.63) is 82.0 Å². The highest BCUT2D eigenvalue weighted by Crippen LogP contribution is 2.20. The van der Waals surface area contributed by atoms with Gasteiger partial charge in [0.15, 0.2) is 0 Å². The second-order valence-corrected chi connectivity index (χ2v) is 4.98. The molecule has 1 atom stereocenters. The fraction of sp³-hybridized carbons (Fsp3) is 0.0588. The molecule has 2 aromatic rings. The monoisotopic (exact) mass is 307 g/mol. The van der Waals surface area contributed by atoms with Crippen LogP contribution in [0.15, 0.2) is 71.4 Å². The Labute approximate surface area is 132 Å². The first-order valence-corrected chi connectivity index (χ1v) is 7.00. The van der Waals surface area contributed by atoms with E-state index in [1.165, 1.54) is 0 Å². The first-order valence-electron chi connectivity index (χ1n) is 7.00. The van der Waals surface area contributed by atoms with Gasteiger partial charge in [-0.05, 0) is 23.8 Å². The third-order valence-electron chi connectivity index (χ3n) is 3.37. The van der Waals surface area contributed by atoms with Crippen molar-refractivity contribution in [2.45, 2.75) is 6.04 Å². The predicted octanol–water partition coefficient (Wildman–Crippen LogP) is 2.58. The first kappa shape index (κ1) is 14.6. The van der Waals surface area contributed by atoms with Crippen LogP contribution in [0.25, 0.3) is 6.08 Å². The number of nitrogens with zero attached hydrogens (tertiary/aromatic N) is 2. The molecule has 1 unspecified atom stereocenters. The lowest BCUT2D eigenvalue weighted by molar-refractivity contribution is -0.488. The molecule has 114 valence electrons. The van der Waals surface area contributed by atoms with Crippen molar-refractivity contribution < 1.29 is 9.72 Å². The average Bonchev–Trinajstić information content (AvgIpc) is 2.85. The molecular formula is C17H13N3O3. The van der Waals surface area contributed by atoms with Crippen LogP contribution in [0.1, 0.15) is 5.56 Å². The van der Waals surface area contributed by atoms with Gasteiger partial charge in [-0.15, -0.1) is 0 Å². The summed E-state index contributed by atoms with van der Waals surface area (Å²) in [6.45, 7) is 0. The van der Waals surface area contributed by atoms with Gasteiger partial charge in [0.1, 0.15) is 5.71 Å². The van der Waals surface area contributed by atoms with Gasteiger partial charge in [-0.2, -0.15) is 0 Å². The molecule has 1 N–H and O–H groups in total. The van der Waals surface area contributed by atoms with Crippen LogP contribution < -0.4 is 5.32 Å². The highest BCUT2D eigenvalue weighted by Gasteiger charge is 2.44. The molecule has 2 aromatic carbocycles. The summed E-state index contributed by atoms with van der Waals surface area (Å²) in [7, 11) is 0. The molecule has 1 aliphatic heterocycles. The number of carbonyl (C=O) groups excluding carboxylic acids is 1. The van der Waals surface area contributed by atoms with Crippen molar-refractivity contribution in [2.75, 3.05) is 0 Å². The van der Waals surface area contributed by atoms with Crippen LogP contribution in [0.5, 0.6) is 0 Å². The van der Waals surface area contributed by atoms with E-state index < -0.39 is 16.9 Å². The summed E-state index contributed by atoms with van der Waals surface area (Å²) >= 11 is 0. The summed E-state index contributed by atoms with van der Waals surface area (Å²) in [6, 6.07) is 16.6. The summed E-state index contributed by atoms with van der Waals surface area (Å²) in [5.74, 6) is -0.674. The van der Waals surface area contributed by atoms with Gasteiger partial charge in [-0.3, -0.25) is 14.9 Å². The number of nitro groups is 1. The Morgan fingerprint density at radius 3 is 2.26 bits per heavy atom. The molecule has 1 fully saturated rings. The molecule has 6 heteroatoms. The Kier molecular flexibility index (Phi) is 3.97. The molecule has 1 saturated heterocycles. The SMILES string of the molecule is O=C1NC(=Cc2ccccc2)C(=Nc2ccccc2)C1[N+](=O)[O-]. The molecule has 23 heavy (non-hydrogen) atoms. The van der Waals surface area contributed by atoms with Gasteiger partial charge in [0.25, 0.3) is 0 Å². The summed E-state index contributed by atoms with van der Waals surface area (Å²) < 4.78 is 0. The molecule has 0 aromatic heterocycles. The van der Waals surface area contributed by atoms with E-state index in [2.05, 4.69) is 10.3 Å². The number of amides is 1. The smallest absolute Gasteiger partial charge is 0.318 e. The Balaban J connectivity index is 2.08. The number of hydrogen-bond acceptors (Lipinski definition) is 4. The summed E-state index contributed by atoms with van der Waals surface area (Å²) in [5.41, 5.74) is 1.86. The minimum atomic E-state index is -1.50. The maximum Gasteiger partial charge on any atom is 0.333 e. The lowest BCUT2D eigenvalue weighted by Crippen LogP contribution is -2.33. The molecule has 0 radical (unpaired) electrons. The second-order valence-electron chi connectivity index (χ2n) is 4.98. The van der Waals surface area contributed by atoms with E-state index in [4.69, 9.17) is 0 Å². The van der Waals surface area contributed by atoms with Crippen LogP contribution in [-0.4, -0.2) is 22.6 Å². The van der Waals surface area contributed by atoms with E-state index >= 15 is 0 Å². The van der Waals surface area contributed by atoms with Gasteiger partial charge in [0.2, 0.25) is 0 Å². The third-order valence-corrected chi connectivity index (χ3v) is 3.37. The van der Waals surface area contributed by atoms with E-state index in [0.717, 1.165) is 5.56 Å². The lowest BCUT2D eigenvalue weighted by atomic mass is 10.1. The van der Waals surface area contributed by atoms with Gasteiger partial charge in [-0.25, -0.2) is 4.99 Å². The van der Waals surface area contributed by atoms with Crippen molar-refractivity contribution in [3.63, 3.8) is 0 Å². The predicted molar refractivity (Wildman–Crippen MR) is 86.9 cm³/mol. The van der Waals surface area contributed by atoms with Gasteiger partial charge in [0.05, 0.1) is 11.4 Å². The Hall–Kier alpha value is -3.28. The Morgan fingerprint density at radius 1 is 1.04 bits per heavy atom. The highest BCUT2D eigenvalue weighted by molar-refractivity contribution is 6.24. The van der Waals surface area contributed by atoms with Crippen LogP contribution in [0, 0.1) is 10.1 Å². The topological polar surface area (TPSA) is 84.6 Å². The number of benzene rings is 2. The van der Waals surface area contributed by atoms with Crippen LogP contribution >= 0.6 is 0 Å². The van der Waals surface area contributed by atoms with Gasteiger partial charge >= 0.3 is 11.9 Å². The van der Waals surface area contributed by atoms with E-state index in [1.807, 2.05) is 36.4 Å².